The summed E-state index contributed by atoms with van der Waals surface area (Å²) < 4.78 is 5.17. The second-order valence-corrected chi connectivity index (χ2v) is 7.94. The monoisotopic (exact) mass is 377 g/mol. The maximum absolute atomic E-state index is 11.7. The van der Waals surface area contributed by atoms with Gasteiger partial charge in [0.15, 0.2) is 0 Å². The summed E-state index contributed by atoms with van der Waals surface area (Å²) in [7, 11) is 2.01. The van der Waals surface area contributed by atoms with Crippen molar-refractivity contribution in [3.05, 3.63) is 35.4 Å². The third kappa shape index (κ3) is 7.31. The number of nitrogens with one attached hydrogen (secondary N) is 1. The third-order valence-corrected chi connectivity index (χ3v) is 4.48. The van der Waals surface area contributed by atoms with Crippen LogP contribution in [0.2, 0.25) is 0 Å². The zero-order valence-electron chi connectivity index (χ0n) is 17.5. The normalized spacial score (nSPS) is 20.5. The molecule has 1 aliphatic rings. The largest absolute Gasteiger partial charge is 0.444 e. The second kappa shape index (κ2) is 10.4. The quantitative estimate of drug-likeness (QED) is 0.787. The lowest BCUT2D eigenvalue weighted by Gasteiger charge is -2.26. The van der Waals surface area contributed by atoms with Gasteiger partial charge in [0.05, 0.1) is 6.04 Å². The fraction of sp³-hybridized carbons (Fsp3) is 0.619. The predicted molar refractivity (Wildman–Crippen MR) is 109 cm³/mol. The zero-order chi connectivity index (χ0) is 20.6. The fourth-order valence-corrected chi connectivity index (χ4v) is 3.12. The summed E-state index contributed by atoms with van der Waals surface area (Å²) in [5.41, 5.74) is 7.93. The molecule has 1 heterocycles. The minimum atomic E-state index is -0.544. The van der Waals surface area contributed by atoms with Crippen LogP contribution in [0.3, 0.4) is 0 Å². The van der Waals surface area contributed by atoms with Gasteiger partial charge >= 0.3 is 6.09 Å². The number of amides is 1. The number of aldehydes is 1. The summed E-state index contributed by atoms with van der Waals surface area (Å²) in [6, 6.07) is 8.48. The molecule has 3 N–H and O–H groups in total. The first-order valence-corrected chi connectivity index (χ1v) is 9.56. The van der Waals surface area contributed by atoms with Crippen LogP contribution in [0.4, 0.5) is 4.79 Å². The highest BCUT2D eigenvalue weighted by Crippen LogP contribution is 2.20. The molecule has 0 aliphatic carbocycles. The van der Waals surface area contributed by atoms with Crippen molar-refractivity contribution >= 4 is 12.4 Å². The highest BCUT2D eigenvalue weighted by atomic mass is 16.6. The van der Waals surface area contributed by atoms with Crippen molar-refractivity contribution < 1.29 is 14.3 Å². The van der Waals surface area contributed by atoms with Crippen LogP contribution in [-0.4, -0.2) is 48.6 Å². The number of hydrogen-bond donors (Lipinski definition) is 2. The number of carbonyl (C=O) groups is 2. The Hall–Kier alpha value is -1.92. The summed E-state index contributed by atoms with van der Waals surface area (Å²) in [5, 5.41) is 3.31. The van der Waals surface area contributed by atoms with E-state index in [1.807, 2.05) is 7.05 Å². The van der Waals surface area contributed by atoms with Crippen molar-refractivity contribution in [2.75, 3.05) is 13.6 Å². The Balaban J connectivity index is 0.000000277. The number of aryl methyl sites for hydroxylation is 1. The van der Waals surface area contributed by atoms with Crippen LogP contribution >= 0.6 is 0 Å². The van der Waals surface area contributed by atoms with E-state index in [9.17, 15) is 9.59 Å². The average Bonchev–Trinajstić information content (AvgIpc) is 2.98. The molecule has 0 aromatic heterocycles. The van der Waals surface area contributed by atoms with E-state index in [0.29, 0.717) is 19.0 Å². The summed E-state index contributed by atoms with van der Waals surface area (Å²) in [6.07, 6.45) is 1.94. The van der Waals surface area contributed by atoms with Crippen molar-refractivity contribution in [2.45, 2.75) is 71.2 Å². The topological polar surface area (TPSA) is 84.7 Å². The molecule has 2 rings (SSSR count). The van der Waals surface area contributed by atoms with Crippen molar-refractivity contribution in [2.24, 2.45) is 5.73 Å². The molecule has 1 amide bonds. The molecule has 3 unspecified atom stereocenters. The SMILES string of the molecule is CC(C)(C)OC(=O)N1CC(N)CC1C=O.CCC(NC)c1ccccc1C. The molecular formula is C21H35N3O3. The second-order valence-electron chi connectivity index (χ2n) is 7.94. The van der Waals surface area contributed by atoms with Crippen LogP contribution in [0.5, 0.6) is 0 Å². The van der Waals surface area contributed by atoms with Gasteiger partial charge in [0, 0.05) is 18.6 Å². The number of ether oxygens (including phenoxy) is 1. The highest BCUT2D eigenvalue weighted by molar-refractivity contribution is 5.74. The van der Waals surface area contributed by atoms with E-state index in [4.69, 9.17) is 10.5 Å². The van der Waals surface area contributed by atoms with E-state index in [1.54, 1.807) is 20.8 Å². The molecule has 0 bridgehead atoms. The van der Waals surface area contributed by atoms with Crippen molar-refractivity contribution in [3.8, 4) is 0 Å². The number of nitrogens with zero attached hydrogens (tertiary/aromatic N) is 1. The van der Waals surface area contributed by atoms with Crippen LogP contribution in [0, 0.1) is 6.92 Å². The smallest absolute Gasteiger partial charge is 0.410 e. The van der Waals surface area contributed by atoms with Gasteiger partial charge in [-0.3, -0.25) is 4.90 Å². The lowest BCUT2D eigenvalue weighted by molar-refractivity contribution is -0.111. The van der Waals surface area contributed by atoms with Gasteiger partial charge in [-0.05, 0) is 58.7 Å². The molecule has 3 atom stereocenters. The van der Waals surface area contributed by atoms with Gasteiger partial charge in [0.1, 0.15) is 11.9 Å². The molecule has 6 nitrogen and oxygen atoms in total. The molecule has 1 saturated heterocycles. The Morgan fingerprint density at radius 3 is 2.52 bits per heavy atom. The van der Waals surface area contributed by atoms with Crippen molar-refractivity contribution in [1.29, 1.82) is 0 Å². The first kappa shape index (κ1) is 23.1. The molecule has 0 saturated carbocycles. The molecule has 152 valence electrons. The average molecular weight is 378 g/mol. The lowest BCUT2D eigenvalue weighted by atomic mass is 10.00. The highest BCUT2D eigenvalue weighted by Gasteiger charge is 2.35. The van der Waals surface area contributed by atoms with Gasteiger partial charge in [0.2, 0.25) is 0 Å². The standard InChI is InChI=1S/C11H17N.C10H18N2O3/c1-4-11(12-3)10-8-6-5-7-9(10)2;1-10(2,3)15-9(14)12-5-7(11)4-8(12)6-13/h5-8,11-12H,4H2,1-3H3;6-8H,4-5,11H2,1-3H3. The summed E-state index contributed by atoms with van der Waals surface area (Å²) >= 11 is 0. The molecule has 1 aromatic rings. The molecule has 1 aromatic carbocycles. The molecule has 0 spiro atoms. The maximum Gasteiger partial charge on any atom is 0.410 e. The van der Waals surface area contributed by atoms with E-state index < -0.39 is 17.7 Å². The van der Waals surface area contributed by atoms with Gasteiger partial charge in [-0.25, -0.2) is 4.79 Å². The van der Waals surface area contributed by atoms with Crippen LogP contribution in [-0.2, 0) is 9.53 Å². The van der Waals surface area contributed by atoms with Crippen LogP contribution in [0.15, 0.2) is 24.3 Å². The van der Waals surface area contributed by atoms with Crippen LogP contribution in [0.25, 0.3) is 0 Å². The fourth-order valence-electron chi connectivity index (χ4n) is 3.12. The number of nitrogens with two attached hydrogens (primary N) is 1. The first-order chi connectivity index (χ1) is 12.6. The van der Waals surface area contributed by atoms with E-state index in [0.717, 1.165) is 12.7 Å². The van der Waals surface area contributed by atoms with Crippen molar-refractivity contribution in [3.63, 3.8) is 0 Å². The molecule has 27 heavy (non-hydrogen) atoms. The van der Waals surface area contributed by atoms with E-state index in [1.165, 1.54) is 16.0 Å². The number of benzene rings is 1. The molecule has 1 aliphatic heterocycles. The summed E-state index contributed by atoms with van der Waals surface area (Å²) in [4.78, 5) is 23.8. The first-order valence-electron chi connectivity index (χ1n) is 9.56. The number of rotatable bonds is 4. The Labute approximate surface area is 163 Å². The Kier molecular flexibility index (Phi) is 8.93. The number of carbonyl (C=O) groups excluding carboxylic acids is 2. The van der Waals surface area contributed by atoms with Gasteiger partial charge < -0.3 is 20.6 Å². The zero-order valence-corrected chi connectivity index (χ0v) is 17.5. The Morgan fingerprint density at radius 2 is 2.04 bits per heavy atom. The lowest BCUT2D eigenvalue weighted by Crippen LogP contribution is -2.41. The van der Waals surface area contributed by atoms with Gasteiger partial charge in [-0.1, -0.05) is 31.2 Å². The van der Waals surface area contributed by atoms with Crippen LogP contribution < -0.4 is 11.1 Å². The van der Waals surface area contributed by atoms with Gasteiger partial charge in [-0.2, -0.15) is 0 Å². The van der Waals surface area contributed by atoms with Gasteiger partial charge in [0.25, 0.3) is 0 Å². The molecule has 0 radical (unpaired) electrons. The Morgan fingerprint density at radius 1 is 1.41 bits per heavy atom. The van der Waals surface area contributed by atoms with E-state index in [2.05, 4.69) is 43.4 Å². The Bertz CT molecular complexity index is 609. The third-order valence-electron chi connectivity index (χ3n) is 4.48. The summed E-state index contributed by atoms with van der Waals surface area (Å²) in [6.45, 7) is 10.1. The minimum Gasteiger partial charge on any atom is -0.444 e. The minimum absolute atomic E-state index is 0.132. The molecule has 6 heteroatoms. The van der Waals surface area contributed by atoms with Gasteiger partial charge in [-0.15, -0.1) is 0 Å². The van der Waals surface area contributed by atoms with Crippen LogP contribution in [0.1, 0.15) is 57.7 Å². The number of likely N-dealkylation sites (tertiary alicyclic amines) is 1. The predicted octanol–water partition coefficient (Wildman–Crippen LogP) is 3.19. The van der Waals surface area contributed by atoms with Crippen molar-refractivity contribution in [1.82, 2.24) is 10.2 Å². The summed E-state index contributed by atoms with van der Waals surface area (Å²) in [5.74, 6) is 0. The van der Waals surface area contributed by atoms with E-state index >= 15 is 0 Å². The number of hydrogen-bond acceptors (Lipinski definition) is 5. The molecular weight excluding hydrogens is 342 g/mol. The van der Waals surface area contributed by atoms with E-state index in [-0.39, 0.29) is 6.04 Å². The maximum atomic E-state index is 11.7. The molecule has 1 fully saturated rings.